The van der Waals surface area contributed by atoms with Crippen molar-refractivity contribution in [2.24, 2.45) is 0 Å². The number of hydrogen-bond acceptors (Lipinski definition) is 4. The van der Waals surface area contributed by atoms with E-state index in [1.165, 1.54) is 11.3 Å². The number of benzene rings is 2. The Morgan fingerprint density at radius 1 is 1.07 bits per heavy atom. The van der Waals surface area contributed by atoms with Crippen LogP contribution < -0.4 is 21.1 Å². The average Bonchev–Trinajstić information content (AvgIpc) is 3.21. The maximum absolute atomic E-state index is 12.6. The molecule has 0 spiro atoms. The van der Waals surface area contributed by atoms with Gasteiger partial charge in [-0.3, -0.25) is 0 Å². The van der Waals surface area contributed by atoms with E-state index in [2.05, 4.69) is 21.0 Å². The standard InChI is InChI=1S/C21H23N5O2S/c1-3-13-22-20(28)26(25-19(27)23-17-7-5-4-6-8-17)21-24-18(14-29-21)16-11-9-15(2)10-12-16/h4-12,14H,3,13H2,1-2H3,(H,22,28)(H2,23,25,27). The summed E-state index contributed by atoms with van der Waals surface area (Å²) < 4.78 is 0. The lowest BCUT2D eigenvalue weighted by molar-refractivity contribution is 0.237. The van der Waals surface area contributed by atoms with Crippen LogP contribution in [0.15, 0.2) is 60.0 Å². The summed E-state index contributed by atoms with van der Waals surface area (Å²) in [6.45, 7) is 4.47. The number of nitrogens with zero attached hydrogens (tertiary/aromatic N) is 2. The quantitative estimate of drug-likeness (QED) is 0.530. The Bertz CT molecular complexity index is 957. The summed E-state index contributed by atoms with van der Waals surface area (Å²) in [5, 5.41) is 8.84. The van der Waals surface area contributed by atoms with Crippen molar-refractivity contribution < 1.29 is 9.59 Å². The van der Waals surface area contributed by atoms with Gasteiger partial charge in [-0.1, -0.05) is 55.0 Å². The molecule has 0 saturated heterocycles. The molecule has 0 unspecified atom stereocenters. The summed E-state index contributed by atoms with van der Waals surface area (Å²) in [4.78, 5) is 29.6. The topological polar surface area (TPSA) is 86.4 Å². The highest BCUT2D eigenvalue weighted by atomic mass is 32.1. The van der Waals surface area contributed by atoms with Gasteiger partial charge in [-0.2, -0.15) is 5.01 Å². The molecule has 1 aromatic heterocycles. The second-order valence-corrected chi connectivity index (χ2v) is 7.22. The predicted octanol–water partition coefficient (Wildman–Crippen LogP) is 4.78. The van der Waals surface area contributed by atoms with Gasteiger partial charge in [-0.15, -0.1) is 11.3 Å². The molecule has 150 valence electrons. The van der Waals surface area contributed by atoms with E-state index in [4.69, 9.17) is 0 Å². The summed E-state index contributed by atoms with van der Waals surface area (Å²) in [5.74, 6) is 0. The molecule has 0 aliphatic rings. The number of rotatable bonds is 5. The molecule has 1 heterocycles. The van der Waals surface area contributed by atoms with E-state index < -0.39 is 12.1 Å². The van der Waals surface area contributed by atoms with E-state index in [0.717, 1.165) is 28.3 Å². The average molecular weight is 410 g/mol. The molecular formula is C21H23N5O2S. The maximum Gasteiger partial charge on any atom is 0.343 e. The molecule has 0 aliphatic carbocycles. The van der Waals surface area contributed by atoms with Crippen LogP contribution in [0.2, 0.25) is 0 Å². The molecule has 0 saturated carbocycles. The number of anilines is 2. The van der Waals surface area contributed by atoms with Gasteiger partial charge in [0.25, 0.3) is 0 Å². The molecule has 0 radical (unpaired) electrons. The first-order chi connectivity index (χ1) is 14.1. The van der Waals surface area contributed by atoms with E-state index >= 15 is 0 Å². The number of carbonyl (C=O) groups excluding carboxylic acids is 2. The number of carbonyl (C=O) groups is 2. The minimum Gasteiger partial charge on any atom is -0.336 e. The third-order valence-corrected chi connectivity index (χ3v) is 4.83. The highest BCUT2D eigenvalue weighted by Gasteiger charge is 2.22. The first-order valence-corrected chi connectivity index (χ1v) is 10.2. The third-order valence-electron chi connectivity index (χ3n) is 4.01. The van der Waals surface area contributed by atoms with Crippen LogP contribution in [0.3, 0.4) is 0 Å². The van der Waals surface area contributed by atoms with Crippen LogP contribution in [0.5, 0.6) is 0 Å². The van der Waals surface area contributed by atoms with Crippen LogP contribution in [-0.4, -0.2) is 23.6 Å². The molecule has 0 atom stereocenters. The molecule has 3 rings (SSSR count). The van der Waals surface area contributed by atoms with Crippen molar-refractivity contribution in [2.45, 2.75) is 20.3 Å². The van der Waals surface area contributed by atoms with Crippen molar-refractivity contribution in [2.75, 3.05) is 16.9 Å². The molecule has 0 aliphatic heterocycles. The Kier molecular flexibility index (Phi) is 6.80. The number of nitrogens with one attached hydrogen (secondary N) is 3. The van der Waals surface area contributed by atoms with Crippen LogP contribution in [0.4, 0.5) is 20.4 Å². The normalized spacial score (nSPS) is 10.3. The van der Waals surface area contributed by atoms with Gasteiger partial charge in [0.15, 0.2) is 0 Å². The summed E-state index contributed by atoms with van der Waals surface area (Å²) in [7, 11) is 0. The van der Waals surface area contributed by atoms with E-state index in [1.807, 2.05) is 61.7 Å². The van der Waals surface area contributed by atoms with Crippen molar-refractivity contribution in [3.63, 3.8) is 0 Å². The van der Waals surface area contributed by atoms with Crippen LogP contribution >= 0.6 is 11.3 Å². The highest BCUT2D eigenvalue weighted by molar-refractivity contribution is 7.14. The predicted molar refractivity (Wildman–Crippen MR) is 117 cm³/mol. The van der Waals surface area contributed by atoms with Gasteiger partial charge in [0, 0.05) is 23.2 Å². The molecular weight excluding hydrogens is 386 g/mol. The number of aryl methyl sites for hydroxylation is 1. The zero-order valence-electron chi connectivity index (χ0n) is 16.3. The van der Waals surface area contributed by atoms with Crippen molar-refractivity contribution in [3.8, 4) is 11.3 Å². The highest BCUT2D eigenvalue weighted by Crippen LogP contribution is 2.27. The zero-order chi connectivity index (χ0) is 20.6. The van der Waals surface area contributed by atoms with Gasteiger partial charge in [0.2, 0.25) is 5.13 Å². The minimum absolute atomic E-state index is 0.373. The Labute approximate surface area is 173 Å². The Morgan fingerprint density at radius 2 is 1.79 bits per heavy atom. The number of thiazole rings is 1. The Morgan fingerprint density at radius 3 is 2.48 bits per heavy atom. The third kappa shape index (κ3) is 5.55. The summed E-state index contributed by atoms with van der Waals surface area (Å²) in [6.07, 6.45) is 0.780. The number of aromatic nitrogens is 1. The van der Waals surface area contributed by atoms with E-state index in [0.29, 0.717) is 17.4 Å². The lowest BCUT2D eigenvalue weighted by Crippen LogP contribution is -2.52. The summed E-state index contributed by atoms with van der Waals surface area (Å²) in [6, 6.07) is 16.0. The molecule has 7 nitrogen and oxygen atoms in total. The lowest BCUT2D eigenvalue weighted by atomic mass is 10.1. The molecule has 3 N–H and O–H groups in total. The number of hydrazine groups is 1. The van der Waals surface area contributed by atoms with Crippen LogP contribution in [0.25, 0.3) is 11.3 Å². The second-order valence-electron chi connectivity index (χ2n) is 6.38. The monoisotopic (exact) mass is 409 g/mol. The molecule has 8 heteroatoms. The molecule has 0 fully saturated rings. The van der Waals surface area contributed by atoms with Gasteiger partial charge in [0.1, 0.15) is 0 Å². The summed E-state index contributed by atoms with van der Waals surface area (Å²) in [5.41, 5.74) is 6.05. The number of amides is 4. The largest absolute Gasteiger partial charge is 0.343 e. The smallest absolute Gasteiger partial charge is 0.336 e. The second kappa shape index (κ2) is 9.70. The van der Waals surface area contributed by atoms with Crippen molar-refractivity contribution >= 4 is 34.2 Å². The van der Waals surface area contributed by atoms with Crippen molar-refractivity contribution in [3.05, 3.63) is 65.5 Å². The van der Waals surface area contributed by atoms with E-state index in [-0.39, 0.29) is 0 Å². The van der Waals surface area contributed by atoms with Crippen molar-refractivity contribution in [1.29, 1.82) is 0 Å². The number of urea groups is 2. The van der Waals surface area contributed by atoms with E-state index in [9.17, 15) is 9.59 Å². The van der Waals surface area contributed by atoms with Crippen molar-refractivity contribution in [1.82, 2.24) is 15.7 Å². The molecule has 2 aromatic carbocycles. The molecule has 29 heavy (non-hydrogen) atoms. The van der Waals surface area contributed by atoms with Crippen LogP contribution in [-0.2, 0) is 0 Å². The first-order valence-electron chi connectivity index (χ1n) is 9.30. The van der Waals surface area contributed by atoms with Gasteiger partial charge >= 0.3 is 12.1 Å². The number of hydrogen-bond donors (Lipinski definition) is 3. The first kappa shape index (κ1) is 20.3. The minimum atomic E-state index is -0.532. The van der Waals surface area contributed by atoms with Gasteiger partial charge < -0.3 is 10.6 Å². The molecule has 3 aromatic rings. The van der Waals surface area contributed by atoms with Gasteiger partial charge in [-0.25, -0.2) is 20.0 Å². The van der Waals surface area contributed by atoms with Crippen LogP contribution in [0, 0.1) is 6.92 Å². The van der Waals surface area contributed by atoms with Crippen LogP contribution in [0.1, 0.15) is 18.9 Å². The fourth-order valence-corrected chi connectivity index (χ4v) is 3.29. The molecule has 0 bridgehead atoms. The SMILES string of the molecule is CCCNC(=O)N(NC(=O)Nc1ccccc1)c1nc(-c2ccc(C)cc2)cs1. The maximum atomic E-state index is 12.6. The fourth-order valence-electron chi connectivity index (χ4n) is 2.50. The Balaban J connectivity index is 1.79. The fraction of sp³-hybridized carbons (Fsp3) is 0.190. The summed E-state index contributed by atoms with van der Waals surface area (Å²) >= 11 is 1.28. The molecule has 4 amide bonds. The van der Waals surface area contributed by atoms with E-state index in [1.54, 1.807) is 12.1 Å². The van der Waals surface area contributed by atoms with Gasteiger partial charge in [-0.05, 0) is 25.5 Å². The Hall–Kier alpha value is -3.39. The zero-order valence-corrected chi connectivity index (χ0v) is 17.1. The lowest BCUT2D eigenvalue weighted by Gasteiger charge is -2.21. The number of para-hydroxylation sites is 1. The van der Waals surface area contributed by atoms with Gasteiger partial charge in [0.05, 0.1) is 5.69 Å².